The zero-order valence-corrected chi connectivity index (χ0v) is 12.0. The Balaban J connectivity index is 3.45. The van der Waals surface area contributed by atoms with Gasteiger partial charge in [-0.05, 0) is 29.0 Å². The Morgan fingerprint density at radius 1 is 0.941 bits per heavy atom. The van der Waals surface area contributed by atoms with Crippen LogP contribution in [0.2, 0.25) is 0 Å². The van der Waals surface area contributed by atoms with Crippen LogP contribution in [-0.2, 0) is 5.41 Å². The van der Waals surface area contributed by atoms with Crippen LogP contribution in [0.4, 0.5) is 0 Å². The molecule has 0 unspecified atom stereocenters. The van der Waals surface area contributed by atoms with Crippen molar-refractivity contribution in [1.29, 1.82) is 0 Å². The second kappa shape index (κ2) is 4.99. The zero-order valence-electron chi connectivity index (χ0n) is 12.0. The largest absolute Gasteiger partial charge is 0.496 e. The highest BCUT2D eigenvalue weighted by Gasteiger charge is 2.21. The second-order valence-corrected chi connectivity index (χ2v) is 5.70. The van der Waals surface area contributed by atoms with E-state index < -0.39 is 0 Å². The maximum Gasteiger partial charge on any atom is 0.126 e. The topological polar surface area (TPSA) is 18.5 Å². The first kappa shape index (κ1) is 13.9. The van der Waals surface area contributed by atoms with E-state index in [4.69, 9.17) is 9.47 Å². The Labute approximate surface area is 105 Å². The molecule has 0 N–H and O–H groups in total. The van der Waals surface area contributed by atoms with Crippen molar-refractivity contribution in [2.45, 2.75) is 46.0 Å². The van der Waals surface area contributed by atoms with Crippen LogP contribution in [0.5, 0.6) is 11.5 Å². The summed E-state index contributed by atoms with van der Waals surface area (Å²) in [6, 6.07) is 4.25. The third-order valence-corrected chi connectivity index (χ3v) is 2.99. The van der Waals surface area contributed by atoms with E-state index in [9.17, 15) is 0 Å². The number of hydrogen-bond donors (Lipinski definition) is 0. The molecule has 0 aromatic heterocycles. The van der Waals surface area contributed by atoms with E-state index >= 15 is 0 Å². The second-order valence-electron chi connectivity index (χ2n) is 5.70. The Hall–Kier alpha value is -1.18. The van der Waals surface area contributed by atoms with Gasteiger partial charge in [0, 0.05) is 5.56 Å². The lowest BCUT2D eigenvalue weighted by molar-refractivity contribution is 0.378. The maximum absolute atomic E-state index is 5.50. The smallest absolute Gasteiger partial charge is 0.126 e. The number of methoxy groups -OCH3 is 2. The summed E-state index contributed by atoms with van der Waals surface area (Å²) in [5.41, 5.74) is 2.47. The first-order chi connectivity index (χ1) is 7.81. The minimum Gasteiger partial charge on any atom is -0.496 e. The summed E-state index contributed by atoms with van der Waals surface area (Å²) in [6.07, 6.45) is 0. The maximum atomic E-state index is 5.50. The molecule has 0 fully saturated rings. The van der Waals surface area contributed by atoms with Gasteiger partial charge in [-0.2, -0.15) is 0 Å². The highest BCUT2D eigenvalue weighted by molar-refractivity contribution is 5.51. The molecule has 96 valence electrons. The predicted octanol–water partition coefficient (Wildman–Crippen LogP) is 4.12. The third-order valence-electron chi connectivity index (χ3n) is 2.99. The molecule has 0 atom stereocenters. The molecule has 17 heavy (non-hydrogen) atoms. The van der Waals surface area contributed by atoms with Gasteiger partial charge in [0.15, 0.2) is 0 Å². The van der Waals surface area contributed by atoms with E-state index in [1.165, 1.54) is 5.56 Å². The van der Waals surface area contributed by atoms with Gasteiger partial charge in [0.05, 0.1) is 14.2 Å². The monoisotopic (exact) mass is 236 g/mol. The number of benzene rings is 1. The van der Waals surface area contributed by atoms with Crippen molar-refractivity contribution in [3.63, 3.8) is 0 Å². The van der Waals surface area contributed by atoms with Crippen LogP contribution in [0.1, 0.15) is 51.7 Å². The quantitative estimate of drug-likeness (QED) is 0.785. The summed E-state index contributed by atoms with van der Waals surface area (Å²) in [7, 11) is 3.43. The van der Waals surface area contributed by atoms with Crippen molar-refractivity contribution in [2.75, 3.05) is 14.2 Å². The number of rotatable bonds is 3. The molecule has 0 radical (unpaired) electrons. The number of hydrogen-bond acceptors (Lipinski definition) is 2. The van der Waals surface area contributed by atoms with E-state index in [1.807, 2.05) is 0 Å². The molecule has 0 amide bonds. The molecule has 0 spiro atoms. The lowest BCUT2D eigenvalue weighted by Crippen LogP contribution is -2.12. The SMILES string of the molecule is COc1cc(C(C)(C)C)cc(OC)c1C(C)C. The van der Waals surface area contributed by atoms with Gasteiger partial charge < -0.3 is 9.47 Å². The number of ether oxygens (including phenoxy) is 2. The Kier molecular flexibility index (Phi) is 4.07. The van der Waals surface area contributed by atoms with E-state index in [0.717, 1.165) is 17.1 Å². The van der Waals surface area contributed by atoms with E-state index in [2.05, 4.69) is 46.8 Å². The van der Waals surface area contributed by atoms with Crippen LogP contribution in [0, 0.1) is 0 Å². The highest BCUT2D eigenvalue weighted by Crippen LogP contribution is 2.39. The van der Waals surface area contributed by atoms with Crippen LogP contribution >= 0.6 is 0 Å². The van der Waals surface area contributed by atoms with E-state index in [1.54, 1.807) is 14.2 Å². The van der Waals surface area contributed by atoms with Crippen molar-refractivity contribution >= 4 is 0 Å². The first-order valence-corrected chi connectivity index (χ1v) is 6.07. The Bertz CT molecular complexity index is 361. The van der Waals surface area contributed by atoms with Crippen LogP contribution < -0.4 is 9.47 Å². The average molecular weight is 236 g/mol. The molecule has 0 aliphatic carbocycles. The summed E-state index contributed by atoms with van der Waals surface area (Å²) in [6.45, 7) is 10.9. The van der Waals surface area contributed by atoms with E-state index in [-0.39, 0.29) is 5.41 Å². The summed E-state index contributed by atoms with van der Waals surface area (Å²) in [4.78, 5) is 0. The third kappa shape index (κ3) is 2.93. The Morgan fingerprint density at radius 3 is 1.59 bits per heavy atom. The average Bonchev–Trinajstić information content (AvgIpc) is 2.25. The molecule has 0 heterocycles. The first-order valence-electron chi connectivity index (χ1n) is 6.07. The van der Waals surface area contributed by atoms with Gasteiger partial charge in [0.1, 0.15) is 11.5 Å². The molecule has 0 aliphatic rings. The lowest BCUT2D eigenvalue weighted by atomic mass is 9.85. The summed E-state index contributed by atoms with van der Waals surface area (Å²) in [5.74, 6) is 2.22. The highest BCUT2D eigenvalue weighted by atomic mass is 16.5. The molecule has 2 nitrogen and oxygen atoms in total. The van der Waals surface area contributed by atoms with Crippen LogP contribution in [0.25, 0.3) is 0 Å². The van der Waals surface area contributed by atoms with Gasteiger partial charge in [-0.3, -0.25) is 0 Å². The molecule has 0 saturated carbocycles. The van der Waals surface area contributed by atoms with Crippen molar-refractivity contribution in [2.24, 2.45) is 0 Å². The van der Waals surface area contributed by atoms with Crippen LogP contribution in [0.3, 0.4) is 0 Å². The zero-order chi connectivity index (χ0) is 13.2. The minimum atomic E-state index is 0.0933. The molecule has 2 heteroatoms. The summed E-state index contributed by atoms with van der Waals surface area (Å²) >= 11 is 0. The van der Waals surface area contributed by atoms with Crippen molar-refractivity contribution in [1.82, 2.24) is 0 Å². The van der Waals surface area contributed by atoms with Crippen LogP contribution in [0.15, 0.2) is 12.1 Å². The fraction of sp³-hybridized carbons (Fsp3) is 0.600. The Morgan fingerprint density at radius 2 is 1.35 bits per heavy atom. The molecule has 1 aromatic rings. The van der Waals surface area contributed by atoms with E-state index in [0.29, 0.717) is 5.92 Å². The molecule has 1 aromatic carbocycles. The molecule has 1 rings (SSSR count). The van der Waals surface area contributed by atoms with Gasteiger partial charge in [-0.15, -0.1) is 0 Å². The van der Waals surface area contributed by atoms with Crippen molar-refractivity contribution in [3.8, 4) is 11.5 Å². The summed E-state index contributed by atoms with van der Waals surface area (Å²) in [5, 5.41) is 0. The molecule has 0 aliphatic heterocycles. The van der Waals surface area contributed by atoms with Gasteiger partial charge in [0.2, 0.25) is 0 Å². The normalized spacial score (nSPS) is 11.8. The summed E-state index contributed by atoms with van der Waals surface area (Å²) < 4.78 is 11.0. The molecule has 0 bridgehead atoms. The van der Waals surface area contributed by atoms with Crippen molar-refractivity contribution in [3.05, 3.63) is 23.3 Å². The lowest BCUT2D eigenvalue weighted by Gasteiger charge is -2.24. The van der Waals surface area contributed by atoms with Gasteiger partial charge >= 0.3 is 0 Å². The van der Waals surface area contributed by atoms with Gasteiger partial charge in [-0.25, -0.2) is 0 Å². The van der Waals surface area contributed by atoms with Crippen molar-refractivity contribution < 1.29 is 9.47 Å². The van der Waals surface area contributed by atoms with Gasteiger partial charge in [-0.1, -0.05) is 34.6 Å². The predicted molar refractivity (Wildman–Crippen MR) is 72.3 cm³/mol. The minimum absolute atomic E-state index is 0.0933. The van der Waals surface area contributed by atoms with Gasteiger partial charge in [0.25, 0.3) is 0 Å². The van der Waals surface area contributed by atoms with Crippen LogP contribution in [-0.4, -0.2) is 14.2 Å². The molecular weight excluding hydrogens is 212 g/mol. The molecular formula is C15H24O2. The fourth-order valence-electron chi connectivity index (χ4n) is 1.94. The standard InChI is InChI=1S/C15H24O2/c1-10(2)14-12(16-6)8-11(15(3,4)5)9-13(14)17-7/h8-10H,1-7H3. The fourth-order valence-corrected chi connectivity index (χ4v) is 1.94. The molecule has 0 saturated heterocycles.